The van der Waals surface area contributed by atoms with Crippen LogP contribution >= 0.6 is 11.6 Å². The van der Waals surface area contributed by atoms with Crippen LogP contribution in [0.2, 0.25) is 5.02 Å². The molecule has 2 heterocycles. The maximum absolute atomic E-state index is 12.5. The van der Waals surface area contributed by atoms with E-state index in [2.05, 4.69) is 10.3 Å². The van der Waals surface area contributed by atoms with Crippen LogP contribution in [0.15, 0.2) is 36.5 Å². The lowest BCUT2D eigenvalue weighted by Gasteiger charge is -2.32. The van der Waals surface area contributed by atoms with Gasteiger partial charge in [-0.25, -0.2) is 4.98 Å². The van der Waals surface area contributed by atoms with Crippen LogP contribution < -0.4 is 5.32 Å². The molecule has 9 heteroatoms. The number of halogens is 1. The molecule has 158 valence electrons. The van der Waals surface area contributed by atoms with E-state index in [0.717, 1.165) is 24.0 Å². The molecule has 2 amide bonds. The van der Waals surface area contributed by atoms with Crippen molar-refractivity contribution in [1.82, 2.24) is 15.2 Å². The van der Waals surface area contributed by atoms with E-state index < -0.39 is 18.4 Å². The van der Waals surface area contributed by atoms with Crippen molar-refractivity contribution in [1.29, 1.82) is 0 Å². The highest BCUT2D eigenvalue weighted by atomic mass is 35.5. The molecule has 0 saturated carbocycles. The number of aromatic hydroxyl groups is 1. The number of carboxylic acid groups (broad SMARTS) is 1. The fraction of sp³-hybridized carbons (Fsp3) is 0.333. The summed E-state index contributed by atoms with van der Waals surface area (Å²) in [6, 6.07) is 8.70. The van der Waals surface area contributed by atoms with Gasteiger partial charge in [-0.15, -0.1) is 0 Å². The number of nitrogens with one attached hydrogen (secondary N) is 1. The second-order valence-corrected chi connectivity index (χ2v) is 7.61. The first-order chi connectivity index (χ1) is 14.3. The maximum atomic E-state index is 12.5. The molecule has 0 aliphatic carbocycles. The summed E-state index contributed by atoms with van der Waals surface area (Å²) in [6.07, 6.45) is 3.28. The third-order valence-electron chi connectivity index (χ3n) is 5.09. The lowest BCUT2D eigenvalue weighted by atomic mass is 9.90. The number of aromatic nitrogens is 1. The van der Waals surface area contributed by atoms with Gasteiger partial charge < -0.3 is 20.4 Å². The smallest absolute Gasteiger partial charge is 0.322 e. The predicted octanol–water partition coefficient (Wildman–Crippen LogP) is 2.20. The Bertz CT molecular complexity index is 940. The number of pyridine rings is 1. The highest BCUT2D eigenvalue weighted by molar-refractivity contribution is 6.30. The summed E-state index contributed by atoms with van der Waals surface area (Å²) in [6.45, 7) is 0.640. The fourth-order valence-corrected chi connectivity index (χ4v) is 3.58. The Hall–Kier alpha value is -3.13. The Labute approximate surface area is 178 Å². The number of carbonyl (C=O) groups is 3. The highest BCUT2D eigenvalue weighted by Gasteiger charge is 2.25. The third-order valence-corrected chi connectivity index (χ3v) is 5.34. The minimum absolute atomic E-state index is 0.0576. The summed E-state index contributed by atoms with van der Waals surface area (Å²) in [4.78, 5) is 40.8. The number of benzene rings is 1. The summed E-state index contributed by atoms with van der Waals surface area (Å²) in [5.74, 6) is -2.06. The van der Waals surface area contributed by atoms with Gasteiger partial charge in [-0.1, -0.05) is 23.7 Å². The number of nitrogens with zero attached hydrogens (tertiary/aromatic N) is 2. The molecule has 1 aromatic carbocycles. The Morgan fingerprint density at radius 1 is 1.17 bits per heavy atom. The maximum Gasteiger partial charge on any atom is 0.322 e. The van der Waals surface area contributed by atoms with E-state index >= 15 is 0 Å². The summed E-state index contributed by atoms with van der Waals surface area (Å²) in [5.41, 5.74) is 1.49. The van der Waals surface area contributed by atoms with Crippen LogP contribution in [-0.4, -0.2) is 57.5 Å². The number of carbonyl (C=O) groups excluding carboxylic acids is 2. The Kier molecular flexibility index (Phi) is 6.89. The quantitative estimate of drug-likeness (QED) is 0.645. The van der Waals surface area contributed by atoms with Crippen LogP contribution in [0.4, 0.5) is 0 Å². The molecule has 0 radical (unpaired) electrons. The average Bonchev–Trinajstić information content (AvgIpc) is 2.73. The van der Waals surface area contributed by atoms with Gasteiger partial charge in [0.1, 0.15) is 12.3 Å². The zero-order valence-electron chi connectivity index (χ0n) is 16.2. The van der Waals surface area contributed by atoms with E-state index in [1.54, 1.807) is 12.1 Å². The topological polar surface area (TPSA) is 120 Å². The SMILES string of the molecule is O=C(O)CNC(=O)c1ncc(C2CCN(C(=O)Cc3ccc(Cl)cc3)CC2)cc1O. The molecule has 1 aliphatic heterocycles. The van der Waals surface area contributed by atoms with Gasteiger partial charge in [0, 0.05) is 24.3 Å². The molecule has 0 unspecified atom stereocenters. The molecule has 3 N–H and O–H groups in total. The van der Waals surface area contributed by atoms with Crippen molar-refractivity contribution in [3.05, 3.63) is 58.4 Å². The molecular weight excluding hydrogens is 410 g/mol. The average molecular weight is 432 g/mol. The molecule has 8 nitrogen and oxygen atoms in total. The molecule has 0 spiro atoms. The summed E-state index contributed by atoms with van der Waals surface area (Å²) < 4.78 is 0. The number of likely N-dealkylation sites (tertiary alicyclic amines) is 1. The summed E-state index contributed by atoms with van der Waals surface area (Å²) in [7, 11) is 0. The fourth-order valence-electron chi connectivity index (χ4n) is 3.46. The van der Waals surface area contributed by atoms with Crippen molar-refractivity contribution in [2.45, 2.75) is 25.2 Å². The van der Waals surface area contributed by atoms with Gasteiger partial charge in [0.2, 0.25) is 5.91 Å². The zero-order valence-corrected chi connectivity index (χ0v) is 16.9. The summed E-state index contributed by atoms with van der Waals surface area (Å²) >= 11 is 5.87. The third kappa shape index (κ3) is 5.48. The van der Waals surface area contributed by atoms with Crippen LogP contribution in [0.5, 0.6) is 5.75 Å². The van der Waals surface area contributed by atoms with Gasteiger partial charge in [0.25, 0.3) is 5.91 Å². The number of hydrogen-bond acceptors (Lipinski definition) is 5. The highest BCUT2D eigenvalue weighted by Crippen LogP contribution is 2.30. The Morgan fingerprint density at radius 2 is 1.83 bits per heavy atom. The van der Waals surface area contributed by atoms with Crippen molar-refractivity contribution < 1.29 is 24.6 Å². The van der Waals surface area contributed by atoms with E-state index in [-0.39, 0.29) is 23.3 Å². The molecule has 0 atom stereocenters. The van der Waals surface area contributed by atoms with E-state index in [9.17, 15) is 19.5 Å². The van der Waals surface area contributed by atoms with Crippen molar-refractivity contribution in [2.24, 2.45) is 0 Å². The Balaban J connectivity index is 1.56. The minimum Gasteiger partial charge on any atom is -0.505 e. The normalized spacial score (nSPS) is 14.4. The number of rotatable bonds is 6. The molecular formula is C21H22ClN3O5. The van der Waals surface area contributed by atoms with Gasteiger partial charge >= 0.3 is 5.97 Å². The van der Waals surface area contributed by atoms with Crippen molar-refractivity contribution >= 4 is 29.4 Å². The molecule has 1 fully saturated rings. The number of amides is 2. The molecule has 2 aromatic rings. The number of carboxylic acids is 1. The van der Waals surface area contributed by atoms with E-state index in [0.29, 0.717) is 24.5 Å². The number of aliphatic carboxylic acids is 1. The lowest BCUT2D eigenvalue weighted by Crippen LogP contribution is -2.38. The molecule has 0 bridgehead atoms. The number of piperidine rings is 1. The van der Waals surface area contributed by atoms with Crippen LogP contribution in [0.1, 0.15) is 40.4 Å². The first-order valence-corrected chi connectivity index (χ1v) is 9.92. The molecule has 1 saturated heterocycles. The first kappa shape index (κ1) is 21.6. The zero-order chi connectivity index (χ0) is 21.7. The second kappa shape index (κ2) is 9.58. The largest absolute Gasteiger partial charge is 0.505 e. The number of hydrogen-bond donors (Lipinski definition) is 3. The van der Waals surface area contributed by atoms with Crippen LogP contribution in [-0.2, 0) is 16.0 Å². The lowest BCUT2D eigenvalue weighted by molar-refractivity contribution is -0.136. The predicted molar refractivity (Wildman–Crippen MR) is 110 cm³/mol. The van der Waals surface area contributed by atoms with Crippen LogP contribution in [0, 0.1) is 0 Å². The second-order valence-electron chi connectivity index (χ2n) is 7.17. The van der Waals surface area contributed by atoms with Crippen LogP contribution in [0.25, 0.3) is 0 Å². The molecule has 1 aliphatic rings. The van der Waals surface area contributed by atoms with Crippen molar-refractivity contribution in [3.63, 3.8) is 0 Å². The summed E-state index contributed by atoms with van der Waals surface area (Å²) in [5, 5.41) is 21.6. The molecule has 1 aromatic heterocycles. The van der Waals surface area contributed by atoms with Gasteiger partial charge in [0.15, 0.2) is 5.69 Å². The Morgan fingerprint density at radius 3 is 2.43 bits per heavy atom. The van der Waals surface area contributed by atoms with Gasteiger partial charge in [-0.05, 0) is 48.1 Å². The first-order valence-electron chi connectivity index (χ1n) is 9.54. The van der Waals surface area contributed by atoms with Gasteiger partial charge in [0.05, 0.1) is 6.42 Å². The van der Waals surface area contributed by atoms with Gasteiger partial charge in [-0.3, -0.25) is 14.4 Å². The minimum atomic E-state index is -1.18. The van der Waals surface area contributed by atoms with E-state index in [1.807, 2.05) is 17.0 Å². The van der Waals surface area contributed by atoms with Gasteiger partial charge in [-0.2, -0.15) is 0 Å². The van der Waals surface area contributed by atoms with Crippen molar-refractivity contribution in [3.8, 4) is 5.75 Å². The molecule has 30 heavy (non-hydrogen) atoms. The van der Waals surface area contributed by atoms with E-state index in [4.69, 9.17) is 16.7 Å². The molecule has 3 rings (SSSR count). The van der Waals surface area contributed by atoms with Crippen LogP contribution in [0.3, 0.4) is 0 Å². The standard InChI is InChI=1S/C21H22ClN3O5/c22-16-3-1-13(2-4-16)9-18(27)25-7-5-14(6-8-25)15-10-17(26)20(23-11-15)21(30)24-12-19(28)29/h1-4,10-11,14,26H,5-9,12H2,(H,24,30)(H,28,29). The van der Waals surface area contributed by atoms with Crippen molar-refractivity contribution in [2.75, 3.05) is 19.6 Å². The monoisotopic (exact) mass is 431 g/mol. The van der Waals surface area contributed by atoms with E-state index in [1.165, 1.54) is 12.3 Å².